The number of carbonyl (C=O) groups excluding carboxylic acids is 2. The molecular formula is C22H28N4O4. The highest BCUT2D eigenvalue weighted by atomic mass is 16.5. The van der Waals surface area contributed by atoms with Gasteiger partial charge >= 0.3 is 0 Å². The van der Waals surface area contributed by atoms with E-state index in [0.717, 1.165) is 17.5 Å². The van der Waals surface area contributed by atoms with Crippen molar-refractivity contribution in [2.75, 3.05) is 14.2 Å². The summed E-state index contributed by atoms with van der Waals surface area (Å²) in [5.41, 5.74) is 5.68. The van der Waals surface area contributed by atoms with Crippen LogP contribution >= 0.6 is 0 Å². The van der Waals surface area contributed by atoms with E-state index < -0.39 is 5.54 Å². The highest BCUT2D eigenvalue weighted by Gasteiger charge is 2.37. The van der Waals surface area contributed by atoms with Crippen LogP contribution in [0.4, 0.5) is 0 Å². The third-order valence-corrected chi connectivity index (χ3v) is 4.67. The van der Waals surface area contributed by atoms with E-state index in [2.05, 4.69) is 10.3 Å². The van der Waals surface area contributed by atoms with E-state index in [4.69, 9.17) is 10.5 Å². The van der Waals surface area contributed by atoms with Crippen LogP contribution in [-0.4, -0.2) is 47.9 Å². The second kappa shape index (κ2) is 10.3. The fourth-order valence-electron chi connectivity index (χ4n) is 3.17. The number of ether oxygens (including phenoxy) is 1. The first kappa shape index (κ1) is 22.7. The molecule has 0 bridgehead atoms. The van der Waals surface area contributed by atoms with E-state index in [9.17, 15) is 14.7 Å². The van der Waals surface area contributed by atoms with Gasteiger partial charge in [0, 0.05) is 25.7 Å². The van der Waals surface area contributed by atoms with Crippen molar-refractivity contribution in [3.63, 3.8) is 0 Å². The molecule has 30 heavy (non-hydrogen) atoms. The van der Waals surface area contributed by atoms with E-state index in [1.54, 1.807) is 45.3 Å². The SMILES string of the molecule is COc1ccccc1CNC(=O)CC(C)(N=CN)C(=O)N(C)Cc1cccc(O)c1. The van der Waals surface area contributed by atoms with Gasteiger partial charge in [-0.15, -0.1) is 0 Å². The highest BCUT2D eigenvalue weighted by molar-refractivity contribution is 5.92. The Hall–Kier alpha value is -3.55. The molecule has 0 aliphatic rings. The molecule has 0 aliphatic heterocycles. The van der Waals surface area contributed by atoms with E-state index in [-0.39, 0.29) is 37.1 Å². The quantitative estimate of drug-likeness (QED) is 0.429. The lowest BCUT2D eigenvalue weighted by Crippen LogP contribution is -2.47. The number of aliphatic imine (C=N–C) groups is 1. The van der Waals surface area contributed by atoms with E-state index >= 15 is 0 Å². The number of aromatic hydroxyl groups is 1. The van der Waals surface area contributed by atoms with Gasteiger partial charge in [-0.25, -0.2) is 0 Å². The molecule has 0 radical (unpaired) electrons. The Balaban J connectivity index is 2.06. The van der Waals surface area contributed by atoms with Crippen LogP contribution in [0.1, 0.15) is 24.5 Å². The van der Waals surface area contributed by atoms with Crippen LogP contribution in [0.15, 0.2) is 53.5 Å². The summed E-state index contributed by atoms with van der Waals surface area (Å²) in [6, 6.07) is 14.0. The number of hydrogen-bond donors (Lipinski definition) is 3. The minimum absolute atomic E-state index is 0.117. The van der Waals surface area contributed by atoms with Crippen molar-refractivity contribution in [1.82, 2.24) is 10.2 Å². The number of phenols is 1. The maximum atomic E-state index is 13.0. The average molecular weight is 412 g/mol. The largest absolute Gasteiger partial charge is 0.508 e. The molecule has 2 amide bonds. The second-order valence-electron chi connectivity index (χ2n) is 7.15. The van der Waals surface area contributed by atoms with Gasteiger partial charge in [0.15, 0.2) is 0 Å². The van der Waals surface area contributed by atoms with Crippen molar-refractivity contribution < 1.29 is 19.4 Å². The zero-order valence-electron chi connectivity index (χ0n) is 17.5. The number of phenolic OH excluding ortho intramolecular Hbond substituents is 1. The van der Waals surface area contributed by atoms with Crippen LogP contribution in [-0.2, 0) is 22.7 Å². The van der Waals surface area contributed by atoms with Gasteiger partial charge in [0.05, 0.1) is 19.9 Å². The first-order chi connectivity index (χ1) is 14.3. The Morgan fingerprint density at radius 2 is 2.00 bits per heavy atom. The smallest absolute Gasteiger partial charge is 0.250 e. The van der Waals surface area contributed by atoms with Crippen LogP contribution in [0.25, 0.3) is 0 Å². The minimum atomic E-state index is -1.36. The summed E-state index contributed by atoms with van der Waals surface area (Å²) in [5, 5.41) is 12.4. The van der Waals surface area contributed by atoms with E-state index in [1.165, 1.54) is 4.90 Å². The van der Waals surface area contributed by atoms with Crippen molar-refractivity contribution in [2.45, 2.75) is 32.0 Å². The zero-order chi connectivity index (χ0) is 22.1. The molecule has 0 aliphatic carbocycles. The van der Waals surface area contributed by atoms with Gasteiger partial charge < -0.3 is 25.8 Å². The second-order valence-corrected chi connectivity index (χ2v) is 7.15. The summed E-state index contributed by atoms with van der Waals surface area (Å²) in [6.45, 7) is 2.09. The topological polar surface area (TPSA) is 117 Å². The highest BCUT2D eigenvalue weighted by Crippen LogP contribution is 2.21. The third-order valence-electron chi connectivity index (χ3n) is 4.67. The number of hydrogen-bond acceptors (Lipinski definition) is 5. The molecular weight excluding hydrogens is 384 g/mol. The molecule has 1 unspecified atom stereocenters. The maximum absolute atomic E-state index is 13.0. The molecule has 0 spiro atoms. The Morgan fingerprint density at radius 1 is 1.27 bits per heavy atom. The van der Waals surface area contributed by atoms with Gasteiger partial charge in [-0.3, -0.25) is 14.6 Å². The number of para-hydroxylation sites is 1. The van der Waals surface area contributed by atoms with Crippen LogP contribution in [0.2, 0.25) is 0 Å². The van der Waals surface area contributed by atoms with Crippen molar-refractivity contribution in [3.8, 4) is 11.5 Å². The lowest BCUT2D eigenvalue weighted by Gasteiger charge is -2.29. The van der Waals surface area contributed by atoms with Gasteiger partial charge in [-0.05, 0) is 30.7 Å². The predicted octanol–water partition coefficient (Wildman–Crippen LogP) is 1.81. The molecule has 1 atom stereocenters. The lowest BCUT2D eigenvalue weighted by molar-refractivity contribution is -0.138. The van der Waals surface area contributed by atoms with Crippen molar-refractivity contribution in [3.05, 3.63) is 59.7 Å². The molecule has 0 fully saturated rings. The van der Waals surface area contributed by atoms with E-state index in [1.807, 2.05) is 24.3 Å². The summed E-state index contributed by atoms with van der Waals surface area (Å²) < 4.78 is 5.28. The summed E-state index contributed by atoms with van der Waals surface area (Å²) in [6.07, 6.45) is 0.868. The van der Waals surface area contributed by atoms with Gasteiger partial charge in [-0.1, -0.05) is 30.3 Å². The Bertz CT molecular complexity index is 916. The number of amides is 2. The Kier molecular flexibility index (Phi) is 7.80. The molecule has 4 N–H and O–H groups in total. The van der Waals surface area contributed by atoms with Crippen LogP contribution in [0.5, 0.6) is 11.5 Å². The van der Waals surface area contributed by atoms with Crippen molar-refractivity contribution in [1.29, 1.82) is 0 Å². The van der Waals surface area contributed by atoms with E-state index in [0.29, 0.717) is 5.75 Å². The standard InChI is InChI=1S/C22H28N4O4/c1-22(25-15-23,21(29)26(2)14-16-7-6-9-18(27)11-16)12-20(28)24-13-17-8-4-5-10-19(17)30-3/h4-11,15,27H,12-14H2,1-3H3,(H2,23,25)(H,24,28). The summed E-state index contributed by atoms with van der Waals surface area (Å²) in [5.74, 6) is 0.0855. The third kappa shape index (κ3) is 5.97. The number of methoxy groups -OCH3 is 1. The van der Waals surface area contributed by atoms with Crippen LogP contribution < -0.4 is 15.8 Å². The first-order valence-corrected chi connectivity index (χ1v) is 9.46. The zero-order valence-corrected chi connectivity index (χ0v) is 17.5. The molecule has 2 aromatic rings. The summed E-state index contributed by atoms with van der Waals surface area (Å²) in [7, 11) is 3.18. The number of nitrogens with two attached hydrogens (primary N) is 1. The fraction of sp³-hybridized carbons (Fsp3) is 0.318. The number of carbonyl (C=O) groups is 2. The lowest BCUT2D eigenvalue weighted by atomic mass is 9.95. The van der Waals surface area contributed by atoms with Crippen LogP contribution in [0.3, 0.4) is 0 Å². The summed E-state index contributed by atoms with van der Waals surface area (Å²) in [4.78, 5) is 31.2. The first-order valence-electron chi connectivity index (χ1n) is 9.46. The number of nitrogens with one attached hydrogen (secondary N) is 1. The van der Waals surface area contributed by atoms with Crippen molar-refractivity contribution >= 4 is 18.2 Å². The number of likely N-dealkylation sites (N-methyl/N-ethyl adjacent to an activating group) is 1. The van der Waals surface area contributed by atoms with Crippen molar-refractivity contribution in [2.24, 2.45) is 10.7 Å². The van der Waals surface area contributed by atoms with Crippen LogP contribution in [0, 0.1) is 0 Å². The van der Waals surface area contributed by atoms with Gasteiger partial charge in [0.1, 0.15) is 17.0 Å². The molecule has 8 nitrogen and oxygen atoms in total. The number of rotatable bonds is 9. The molecule has 8 heteroatoms. The average Bonchev–Trinajstić information content (AvgIpc) is 2.72. The monoisotopic (exact) mass is 412 g/mol. The number of nitrogens with zero attached hydrogens (tertiary/aromatic N) is 2. The molecule has 0 heterocycles. The molecule has 0 aromatic heterocycles. The predicted molar refractivity (Wildman–Crippen MR) is 115 cm³/mol. The molecule has 160 valence electrons. The normalized spacial score (nSPS) is 12.9. The summed E-state index contributed by atoms with van der Waals surface area (Å²) >= 11 is 0. The van der Waals surface area contributed by atoms with Gasteiger partial charge in [0.25, 0.3) is 5.91 Å². The molecule has 2 aromatic carbocycles. The Morgan fingerprint density at radius 3 is 2.67 bits per heavy atom. The Labute approximate surface area is 176 Å². The fourth-order valence-corrected chi connectivity index (χ4v) is 3.17. The van der Waals surface area contributed by atoms with Gasteiger partial charge in [0.2, 0.25) is 5.91 Å². The molecule has 0 saturated heterocycles. The maximum Gasteiger partial charge on any atom is 0.250 e. The van der Waals surface area contributed by atoms with Gasteiger partial charge in [-0.2, -0.15) is 0 Å². The minimum Gasteiger partial charge on any atom is -0.508 e. The molecule has 2 rings (SSSR count). The number of benzene rings is 2. The molecule has 0 saturated carbocycles.